The van der Waals surface area contributed by atoms with Crippen molar-refractivity contribution in [2.24, 2.45) is 5.73 Å². The van der Waals surface area contributed by atoms with Crippen LogP contribution in [0.5, 0.6) is 11.5 Å². The summed E-state index contributed by atoms with van der Waals surface area (Å²) in [6, 6.07) is 5.32. The number of methoxy groups -OCH3 is 1. The lowest BCUT2D eigenvalue weighted by atomic mass is 10.1. The van der Waals surface area contributed by atoms with Gasteiger partial charge in [-0.1, -0.05) is 19.4 Å². The van der Waals surface area contributed by atoms with E-state index in [0.29, 0.717) is 18.1 Å². The Kier molecular flexibility index (Phi) is 6.87. The first kappa shape index (κ1) is 16.3. The molecule has 0 aromatic heterocycles. The Labute approximate surface area is 120 Å². The first-order valence-electron chi connectivity index (χ1n) is 6.80. The summed E-state index contributed by atoms with van der Waals surface area (Å²) >= 11 is 0. The molecule has 0 amide bonds. The number of nitrogens with two attached hydrogens (primary N) is 1. The molecule has 0 aliphatic heterocycles. The van der Waals surface area contributed by atoms with Gasteiger partial charge in [-0.25, -0.2) is 4.79 Å². The molecule has 0 aliphatic carbocycles. The summed E-state index contributed by atoms with van der Waals surface area (Å²) in [7, 11) is 1.55. The number of carbonyl (C=O) groups is 1. The fourth-order valence-corrected chi connectivity index (χ4v) is 1.60. The van der Waals surface area contributed by atoms with E-state index in [0.717, 1.165) is 18.4 Å². The quantitative estimate of drug-likeness (QED) is 0.585. The van der Waals surface area contributed by atoms with E-state index < -0.39 is 0 Å². The number of esters is 1. The van der Waals surface area contributed by atoms with Crippen LogP contribution in [0.2, 0.25) is 0 Å². The highest BCUT2D eigenvalue weighted by molar-refractivity contribution is 5.71. The van der Waals surface area contributed by atoms with Crippen molar-refractivity contribution in [1.29, 1.82) is 0 Å². The van der Waals surface area contributed by atoms with Gasteiger partial charge in [-0.15, -0.1) is 0 Å². The minimum Gasteiger partial charge on any atom is -0.493 e. The van der Waals surface area contributed by atoms with E-state index in [2.05, 4.69) is 0 Å². The van der Waals surface area contributed by atoms with Gasteiger partial charge in [0.05, 0.1) is 13.7 Å². The number of hydrogen-bond donors (Lipinski definition) is 1. The zero-order chi connectivity index (χ0) is 15.0. The van der Waals surface area contributed by atoms with Crippen molar-refractivity contribution in [1.82, 2.24) is 0 Å². The molecule has 0 heterocycles. The van der Waals surface area contributed by atoms with Crippen LogP contribution in [-0.4, -0.2) is 26.3 Å². The van der Waals surface area contributed by atoms with Gasteiger partial charge in [0.25, 0.3) is 0 Å². The summed E-state index contributed by atoms with van der Waals surface area (Å²) in [5, 5.41) is 0. The molecule has 1 atom stereocenters. The van der Waals surface area contributed by atoms with Crippen molar-refractivity contribution in [3.8, 4) is 11.5 Å². The summed E-state index contributed by atoms with van der Waals surface area (Å²) in [4.78, 5) is 11.5. The van der Waals surface area contributed by atoms with E-state index in [9.17, 15) is 4.79 Å². The monoisotopic (exact) mass is 281 g/mol. The van der Waals surface area contributed by atoms with Gasteiger partial charge in [-0.3, -0.25) is 0 Å². The molecule has 1 aromatic carbocycles. The van der Waals surface area contributed by atoms with Gasteiger partial charge < -0.3 is 19.9 Å². The van der Waals surface area contributed by atoms with Gasteiger partial charge in [0.2, 0.25) is 0 Å². The van der Waals surface area contributed by atoms with Gasteiger partial charge in [-0.05, 0) is 31.0 Å². The Hall–Kier alpha value is -1.75. The van der Waals surface area contributed by atoms with Crippen LogP contribution in [0, 0.1) is 0 Å². The number of carbonyl (C=O) groups excluding carboxylic acids is 1. The highest BCUT2D eigenvalue weighted by atomic mass is 16.6. The minimum absolute atomic E-state index is 0.0861. The Morgan fingerprint density at radius 1 is 1.35 bits per heavy atom. The Bertz CT molecular complexity index is 432. The third-order valence-electron chi connectivity index (χ3n) is 2.82. The predicted molar refractivity (Wildman–Crippen MR) is 77.0 cm³/mol. The summed E-state index contributed by atoms with van der Waals surface area (Å²) < 4.78 is 15.7. The number of ether oxygens (including phenoxy) is 3. The van der Waals surface area contributed by atoms with E-state index in [1.165, 1.54) is 0 Å². The van der Waals surface area contributed by atoms with Crippen molar-refractivity contribution in [2.45, 2.75) is 32.7 Å². The second kappa shape index (κ2) is 8.43. The summed E-state index contributed by atoms with van der Waals surface area (Å²) in [6.07, 6.45) is 1.85. The largest absolute Gasteiger partial charge is 0.493 e. The second-order valence-electron chi connectivity index (χ2n) is 4.56. The lowest BCUT2D eigenvalue weighted by Gasteiger charge is -2.13. The van der Waals surface area contributed by atoms with Crippen molar-refractivity contribution in [3.63, 3.8) is 0 Å². The van der Waals surface area contributed by atoms with Gasteiger partial charge in [0, 0.05) is 6.04 Å². The molecule has 1 aromatic rings. The van der Waals surface area contributed by atoms with Crippen LogP contribution in [0.25, 0.3) is 0 Å². The molecule has 0 aliphatic rings. The van der Waals surface area contributed by atoms with Crippen LogP contribution in [0.1, 0.15) is 38.3 Å². The molecular weight excluding hydrogens is 258 g/mol. The van der Waals surface area contributed by atoms with E-state index in [-0.39, 0.29) is 18.6 Å². The molecule has 0 spiro atoms. The lowest BCUT2D eigenvalue weighted by Crippen LogP contribution is -2.16. The van der Waals surface area contributed by atoms with Crippen molar-refractivity contribution in [2.75, 3.05) is 20.3 Å². The van der Waals surface area contributed by atoms with Gasteiger partial charge >= 0.3 is 5.97 Å². The maximum Gasteiger partial charge on any atom is 0.344 e. The highest BCUT2D eigenvalue weighted by Gasteiger charge is 2.10. The average Bonchev–Trinajstić information content (AvgIpc) is 2.45. The molecular formula is C15H23NO4. The van der Waals surface area contributed by atoms with Crippen LogP contribution in [0.4, 0.5) is 0 Å². The topological polar surface area (TPSA) is 70.8 Å². The number of benzene rings is 1. The number of hydrogen-bond acceptors (Lipinski definition) is 5. The fourth-order valence-electron chi connectivity index (χ4n) is 1.60. The zero-order valence-electron chi connectivity index (χ0n) is 12.3. The van der Waals surface area contributed by atoms with E-state index in [1.54, 1.807) is 13.2 Å². The first-order chi connectivity index (χ1) is 9.58. The Balaban J connectivity index is 2.57. The van der Waals surface area contributed by atoms with Crippen LogP contribution in [0.15, 0.2) is 18.2 Å². The van der Waals surface area contributed by atoms with Crippen molar-refractivity contribution < 1.29 is 19.0 Å². The molecule has 112 valence electrons. The number of unbranched alkanes of at least 4 members (excludes halogenated alkanes) is 1. The molecule has 0 saturated heterocycles. The predicted octanol–water partition coefficient (Wildman–Crippen LogP) is 2.44. The van der Waals surface area contributed by atoms with Gasteiger partial charge in [0.1, 0.15) is 0 Å². The number of rotatable bonds is 8. The molecule has 0 bridgehead atoms. The minimum atomic E-state index is -0.378. The van der Waals surface area contributed by atoms with E-state index >= 15 is 0 Å². The van der Waals surface area contributed by atoms with Crippen LogP contribution in [0.3, 0.4) is 0 Å². The zero-order valence-corrected chi connectivity index (χ0v) is 12.3. The smallest absolute Gasteiger partial charge is 0.344 e. The first-order valence-corrected chi connectivity index (χ1v) is 6.80. The maximum atomic E-state index is 11.5. The van der Waals surface area contributed by atoms with Gasteiger partial charge in [0.15, 0.2) is 18.1 Å². The van der Waals surface area contributed by atoms with E-state index in [4.69, 9.17) is 19.9 Å². The van der Waals surface area contributed by atoms with Gasteiger partial charge in [-0.2, -0.15) is 0 Å². The van der Waals surface area contributed by atoms with E-state index in [1.807, 2.05) is 26.0 Å². The van der Waals surface area contributed by atoms with Crippen molar-refractivity contribution >= 4 is 5.97 Å². The summed E-state index contributed by atoms with van der Waals surface area (Å²) in [6.45, 7) is 4.23. The summed E-state index contributed by atoms with van der Waals surface area (Å²) in [5.41, 5.74) is 6.75. The third kappa shape index (κ3) is 5.09. The molecule has 0 radical (unpaired) electrons. The molecule has 0 fully saturated rings. The van der Waals surface area contributed by atoms with Crippen LogP contribution >= 0.6 is 0 Å². The molecule has 5 heteroatoms. The third-order valence-corrected chi connectivity index (χ3v) is 2.82. The highest BCUT2D eigenvalue weighted by Crippen LogP contribution is 2.29. The molecule has 1 rings (SSSR count). The normalized spacial score (nSPS) is 11.8. The van der Waals surface area contributed by atoms with Crippen LogP contribution < -0.4 is 15.2 Å². The molecule has 0 saturated carbocycles. The molecule has 2 N–H and O–H groups in total. The Morgan fingerprint density at radius 2 is 2.10 bits per heavy atom. The van der Waals surface area contributed by atoms with Crippen LogP contribution in [-0.2, 0) is 9.53 Å². The summed E-state index contributed by atoms with van der Waals surface area (Å²) in [5.74, 6) is 0.683. The average molecular weight is 281 g/mol. The molecule has 20 heavy (non-hydrogen) atoms. The maximum absolute atomic E-state index is 11.5. The van der Waals surface area contributed by atoms with Crippen molar-refractivity contribution in [3.05, 3.63) is 23.8 Å². The second-order valence-corrected chi connectivity index (χ2v) is 4.56. The standard InChI is InChI=1S/C15H23NO4/c1-4-5-8-19-15(17)10-20-13-7-6-12(11(2)16)9-14(13)18-3/h6-7,9,11H,4-5,8,10,16H2,1-3H3. The molecule has 5 nitrogen and oxygen atoms in total. The Morgan fingerprint density at radius 3 is 2.70 bits per heavy atom. The SMILES string of the molecule is CCCCOC(=O)COc1ccc(C(C)N)cc1OC. The lowest BCUT2D eigenvalue weighted by molar-refractivity contribution is -0.146. The molecule has 1 unspecified atom stereocenters. The fraction of sp³-hybridized carbons (Fsp3) is 0.533.